The Morgan fingerprint density at radius 3 is 0.564 bits per heavy atom. The van der Waals surface area contributed by atoms with Gasteiger partial charge in [0.25, 0.3) is 0 Å². The highest BCUT2D eigenvalue weighted by Crippen LogP contribution is 2.16. The Kier molecular flexibility index (Phi) is 14.2. The van der Waals surface area contributed by atoms with Crippen molar-refractivity contribution in [1.82, 2.24) is 0 Å². The van der Waals surface area contributed by atoms with E-state index in [1.54, 1.807) is 0 Å². The molecule has 6 bridgehead atoms. The molecule has 9 heteroatoms. The maximum Gasteiger partial charge on any atom is 0.0718 e. The van der Waals surface area contributed by atoms with E-state index in [2.05, 4.69) is 36.4 Å². The zero-order chi connectivity index (χ0) is 26.8. The second kappa shape index (κ2) is 18.4. The molecular formula is C30H42O9. The highest BCUT2D eigenvalue weighted by molar-refractivity contribution is 5.30. The van der Waals surface area contributed by atoms with Gasteiger partial charge in [0, 0.05) is 0 Å². The molecule has 0 aromatic heterocycles. The van der Waals surface area contributed by atoms with Crippen molar-refractivity contribution in [1.29, 1.82) is 0 Å². The van der Waals surface area contributed by atoms with Gasteiger partial charge in [-0.2, -0.15) is 0 Å². The first-order valence-electron chi connectivity index (χ1n) is 13.8. The normalized spacial score (nSPS) is 20.6. The van der Waals surface area contributed by atoms with Crippen molar-refractivity contribution >= 4 is 0 Å². The quantitative estimate of drug-likeness (QED) is 0.461. The summed E-state index contributed by atoms with van der Waals surface area (Å²) in [5.74, 6) is 0. The summed E-state index contributed by atoms with van der Waals surface area (Å²) in [6, 6.07) is 12.7. The molecule has 216 valence electrons. The van der Waals surface area contributed by atoms with E-state index in [0.29, 0.717) is 119 Å². The van der Waals surface area contributed by atoms with Gasteiger partial charge in [-0.05, 0) is 33.4 Å². The minimum Gasteiger partial charge on any atom is -0.377 e. The van der Waals surface area contributed by atoms with Crippen LogP contribution in [0.4, 0.5) is 0 Å². The van der Waals surface area contributed by atoms with Crippen molar-refractivity contribution < 1.29 is 42.6 Å². The van der Waals surface area contributed by atoms with Gasteiger partial charge in [0.15, 0.2) is 0 Å². The Labute approximate surface area is 231 Å². The topological polar surface area (TPSA) is 83.1 Å². The number of hydrogen-bond donors (Lipinski definition) is 0. The van der Waals surface area contributed by atoms with Crippen molar-refractivity contribution in [2.24, 2.45) is 0 Å². The van der Waals surface area contributed by atoms with E-state index in [1.165, 1.54) is 0 Å². The van der Waals surface area contributed by atoms with E-state index in [0.717, 1.165) is 33.4 Å². The van der Waals surface area contributed by atoms with Gasteiger partial charge >= 0.3 is 0 Å². The largest absolute Gasteiger partial charge is 0.377 e. The first-order valence-corrected chi connectivity index (χ1v) is 13.8. The molecule has 3 aliphatic rings. The minimum absolute atomic E-state index is 0.492. The van der Waals surface area contributed by atoms with Crippen molar-refractivity contribution in [3.8, 4) is 0 Å². The molecule has 3 heterocycles. The number of ether oxygens (including phenoxy) is 9. The zero-order valence-corrected chi connectivity index (χ0v) is 22.9. The van der Waals surface area contributed by atoms with Gasteiger partial charge < -0.3 is 42.6 Å². The van der Waals surface area contributed by atoms with Crippen LogP contribution in [0.3, 0.4) is 0 Å². The summed E-state index contributed by atoms with van der Waals surface area (Å²) in [5.41, 5.74) is 6.45. The second-order valence-corrected chi connectivity index (χ2v) is 9.47. The maximum absolute atomic E-state index is 5.87. The van der Waals surface area contributed by atoms with Crippen LogP contribution in [0.15, 0.2) is 36.4 Å². The fraction of sp³-hybridized carbons (Fsp3) is 0.600. The molecule has 0 saturated carbocycles. The van der Waals surface area contributed by atoms with E-state index in [9.17, 15) is 0 Å². The average Bonchev–Trinajstić information content (AvgIpc) is 2.93. The first kappa shape index (κ1) is 30.0. The van der Waals surface area contributed by atoms with Crippen molar-refractivity contribution in [2.45, 2.75) is 39.6 Å². The van der Waals surface area contributed by atoms with E-state index >= 15 is 0 Å². The van der Waals surface area contributed by atoms with Gasteiger partial charge in [-0.25, -0.2) is 0 Å². The molecule has 0 saturated heterocycles. The van der Waals surface area contributed by atoms with E-state index in [4.69, 9.17) is 42.6 Å². The summed E-state index contributed by atoms with van der Waals surface area (Å²) in [7, 11) is 0. The van der Waals surface area contributed by atoms with Gasteiger partial charge in [-0.15, -0.1) is 0 Å². The Morgan fingerprint density at radius 1 is 0.231 bits per heavy atom. The third-order valence-corrected chi connectivity index (χ3v) is 6.07. The smallest absolute Gasteiger partial charge is 0.0718 e. The SMILES string of the molecule is c1c2cc3cc1COCCOCCOCc1cc(cc(c1)COCCOCCOC3)COCCOCCOC2. The van der Waals surface area contributed by atoms with Crippen molar-refractivity contribution in [3.63, 3.8) is 0 Å². The summed E-state index contributed by atoms with van der Waals surface area (Å²) in [6.07, 6.45) is 0. The van der Waals surface area contributed by atoms with Crippen LogP contribution in [-0.4, -0.2) is 79.3 Å². The lowest BCUT2D eigenvalue weighted by Crippen LogP contribution is -2.12. The van der Waals surface area contributed by atoms with Crippen LogP contribution in [0.25, 0.3) is 0 Å². The third-order valence-electron chi connectivity index (χ3n) is 6.07. The maximum atomic E-state index is 5.87. The molecule has 9 nitrogen and oxygen atoms in total. The van der Waals surface area contributed by atoms with E-state index in [1.807, 2.05) is 0 Å². The predicted molar refractivity (Wildman–Crippen MR) is 143 cm³/mol. The molecule has 0 fully saturated rings. The molecule has 0 atom stereocenters. The summed E-state index contributed by atoms with van der Waals surface area (Å²) in [5, 5.41) is 0. The second-order valence-electron chi connectivity index (χ2n) is 9.47. The Balaban J connectivity index is 1.45. The molecule has 39 heavy (non-hydrogen) atoms. The van der Waals surface area contributed by atoms with Gasteiger partial charge in [0.05, 0.1) is 119 Å². The van der Waals surface area contributed by atoms with Crippen LogP contribution in [0, 0.1) is 0 Å². The van der Waals surface area contributed by atoms with Crippen LogP contribution in [0.2, 0.25) is 0 Å². The predicted octanol–water partition coefficient (Wildman–Crippen LogP) is 3.56. The summed E-state index contributed by atoms with van der Waals surface area (Å²) >= 11 is 0. The first-order chi connectivity index (χ1) is 19.3. The Bertz CT molecular complexity index is 735. The standard InChI is InChI=1S/C30H42O9/c1-7-34-19-25-13-26-15-27(14-25)22-37-10-4-33-6-12-39-24-30-17-28(20-35-8-2-31-1)16-29(18-30)23-38-11-5-32-3-9-36-21-26/h13-18H,1-12,19-24H2. The number of benzene rings is 2. The van der Waals surface area contributed by atoms with Gasteiger partial charge in [0.2, 0.25) is 0 Å². The third kappa shape index (κ3) is 12.4. The summed E-state index contributed by atoms with van der Waals surface area (Å²) in [6.45, 7) is 9.05. The fourth-order valence-corrected chi connectivity index (χ4v) is 4.33. The zero-order valence-electron chi connectivity index (χ0n) is 22.9. The van der Waals surface area contributed by atoms with E-state index < -0.39 is 0 Å². The number of rotatable bonds is 0. The highest BCUT2D eigenvalue weighted by Gasteiger charge is 2.07. The van der Waals surface area contributed by atoms with Crippen LogP contribution < -0.4 is 0 Å². The van der Waals surface area contributed by atoms with E-state index in [-0.39, 0.29) is 0 Å². The van der Waals surface area contributed by atoms with Crippen molar-refractivity contribution in [2.75, 3.05) is 79.3 Å². The molecule has 0 spiro atoms. The molecule has 2 aromatic carbocycles. The summed E-state index contributed by atoms with van der Waals surface area (Å²) in [4.78, 5) is 0. The van der Waals surface area contributed by atoms with Crippen LogP contribution in [0.1, 0.15) is 33.4 Å². The molecule has 0 radical (unpaired) electrons. The molecule has 0 N–H and O–H groups in total. The van der Waals surface area contributed by atoms with Crippen LogP contribution in [-0.2, 0) is 82.3 Å². The Hall–Kier alpha value is -1.92. The van der Waals surface area contributed by atoms with Gasteiger partial charge in [-0.1, -0.05) is 36.4 Å². The molecular weight excluding hydrogens is 504 g/mol. The van der Waals surface area contributed by atoms with Gasteiger partial charge in [-0.3, -0.25) is 0 Å². The number of hydrogen-bond acceptors (Lipinski definition) is 9. The van der Waals surface area contributed by atoms with Crippen LogP contribution in [0.5, 0.6) is 0 Å². The lowest BCUT2D eigenvalue weighted by atomic mass is 10.1. The molecule has 5 rings (SSSR count). The molecule has 0 aliphatic carbocycles. The lowest BCUT2D eigenvalue weighted by molar-refractivity contribution is 0.00369. The lowest BCUT2D eigenvalue weighted by Gasteiger charge is -2.14. The summed E-state index contributed by atoms with van der Waals surface area (Å²) < 4.78 is 52.3. The molecule has 0 unspecified atom stereocenters. The minimum atomic E-state index is 0.492. The highest BCUT2D eigenvalue weighted by atomic mass is 16.6. The van der Waals surface area contributed by atoms with Gasteiger partial charge in [0.1, 0.15) is 0 Å². The monoisotopic (exact) mass is 546 g/mol. The van der Waals surface area contributed by atoms with Crippen molar-refractivity contribution in [3.05, 3.63) is 69.8 Å². The Morgan fingerprint density at radius 2 is 0.385 bits per heavy atom. The van der Waals surface area contributed by atoms with Crippen LogP contribution >= 0.6 is 0 Å². The molecule has 2 aromatic rings. The average molecular weight is 547 g/mol. The number of fused-ring (bicyclic) bond motifs is 24. The fourth-order valence-electron chi connectivity index (χ4n) is 4.33. The molecule has 0 amide bonds. The molecule has 3 aliphatic heterocycles.